The molecule has 1 rings (SSSR count). The molecule has 0 aliphatic carbocycles. The van der Waals surface area contributed by atoms with Crippen molar-refractivity contribution in [3.05, 3.63) is 20.4 Å². The Morgan fingerprint density at radius 2 is 2.00 bits per heavy atom. The SMILES string of the molecule is Nc1c(NCCCCl)c(=O)c1=O. The van der Waals surface area contributed by atoms with Crippen LogP contribution in [0.4, 0.5) is 11.4 Å². The van der Waals surface area contributed by atoms with Gasteiger partial charge in [-0.15, -0.1) is 11.6 Å². The van der Waals surface area contributed by atoms with Crippen LogP contribution in [-0.2, 0) is 0 Å². The maximum Gasteiger partial charge on any atom is 0.253 e. The largest absolute Gasteiger partial charge is 0.394 e. The Balaban J connectivity index is 2.55. The quantitative estimate of drug-likeness (QED) is 0.394. The average Bonchev–Trinajstić information content (AvgIpc) is 2.11. The van der Waals surface area contributed by atoms with Gasteiger partial charge in [-0.25, -0.2) is 0 Å². The molecule has 1 aromatic carbocycles. The summed E-state index contributed by atoms with van der Waals surface area (Å²) >= 11 is 5.41. The van der Waals surface area contributed by atoms with Crippen molar-refractivity contribution >= 4 is 23.0 Å². The second-order valence-corrected chi connectivity index (χ2v) is 2.79. The maximum absolute atomic E-state index is 10.8. The Bertz CT molecular complexity index is 341. The van der Waals surface area contributed by atoms with Gasteiger partial charge in [-0.2, -0.15) is 0 Å². The van der Waals surface area contributed by atoms with Gasteiger partial charge in [0.1, 0.15) is 11.4 Å². The summed E-state index contributed by atoms with van der Waals surface area (Å²) in [6.07, 6.45) is 0.736. The maximum atomic E-state index is 10.8. The van der Waals surface area contributed by atoms with Gasteiger partial charge in [0.25, 0.3) is 10.9 Å². The summed E-state index contributed by atoms with van der Waals surface area (Å²) in [5, 5.41) is 2.75. The molecule has 66 valence electrons. The molecular weight excluding hydrogens is 180 g/mol. The van der Waals surface area contributed by atoms with Crippen LogP contribution in [0.2, 0.25) is 0 Å². The van der Waals surface area contributed by atoms with Crippen LogP contribution in [0.25, 0.3) is 0 Å². The average molecular weight is 189 g/mol. The predicted octanol–water partition coefficient (Wildman–Crippen LogP) is -0.0944. The van der Waals surface area contributed by atoms with E-state index in [1.807, 2.05) is 0 Å². The number of rotatable bonds is 4. The van der Waals surface area contributed by atoms with Crippen LogP contribution in [0.5, 0.6) is 0 Å². The fourth-order valence-electron chi connectivity index (χ4n) is 0.865. The van der Waals surface area contributed by atoms with Gasteiger partial charge >= 0.3 is 0 Å². The third-order valence-corrected chi connectivity index (χ3v) is 1.83. The van der Waals surface area contributed by atoms with Gasteiger partial charge in [0.2, 0.25) is 0 Å². The van der Waals surface area contributed by atoms with E-state index in [0.717, 1.165) is 6.42 Å². The topological polar surface area (TPSA) is 72.2 Å². The van der Waals surface area contributed by atoms with Crippen molar-refractivity contribution in [3.63, 3.8) is 0 Å². The number of nitrogens with two attached hydrogens (primary N) is 1. The van der Waals surface area contributed by atoms with Crippen LogP contribution in [0.3, 0.4) is 0 Å². The van der Waals surface area contributed by atoms with Crippen LogP contribution in [-0.4, -0.2) is 12.4 Å². The first-order valence-electron chi connectivity index (χ1n) is 3.57. The molecule has 0 spiro atoms. The van der Waals surface area contributed by atoms with E-state index in [0.29, 0.717) is 12.4 Å². The molecule has 0 saturated carbocycles. The molecule has 0 aliphatic heterocycles. The molecule has 0 heterocycles. The lowest BCUT2D eigenvalue weighted by molar-refractivity contribution is 0.982. The highest BCUT2D eigenvalue weighted by Gasteiger charge is 2.16. The summed E-state index contributed by atoms with van der Waals surface area (Å²) in [7, 11) is 0. The van der Waals surface area contributed by atoms with Crippen LogP contribution >= 0.6 is 11.6 Å². The van der Waals surface area contributed by atoms with Crippen LogP contribution in [0.15, 0.2) is 9.59 Å². The Morgan fingerprint density at radius 1 is 1.33 bits per heavy atom. The molecule has 0 amide bonds. The van der Waals surface area contributed by atoms with Gasteiger partial charge in [0.05, 0.1) is 0 Å². The zero-order chi connectivity index (χ0) is 9.14. The summed E-state index contributed by atoms with van der Waals surface area (Å²) in [6, 6.07) is 0. The third kappa shape index (κ3) is 1.43. The normalized spacial score (nSPS) is 10.4. The zero-order valence-electron chi connectivity index (χ0n) is 6.39. The first kappa shape index (κ1) is 9.06. The van der Waals surface area contributed by atoms with Crippen molar-refractivity contribution in [2.75, 3.05) is 23.5 Å². The Labute approximate surface area is 74.0 Å². The third-order valence-electron chi connectivity index (χ3n) is 1.56. The van der Waals surface area contributed by atoms with Gasteiger partial charge in [-0.1, -0.05) is 0 Å². The molecular formula is C7H9ClN2O2. The molecule has 5 heteroatoms. The summed E-state index contributed by atoms with van der Waals surface area (Å²) < 4.78 is 0. The highest BCUT2D eigenvalue weighted by Crippen LogP contribution is 2.08. The standard InChI is InChI=1S/C7H9ClN2O2/c8-2-1-3-10-5-4(9)6(11)7(5)12/h10H,1-3,9H2. The van der Waals surface area contributed by atoms with Gasteiger partial charge in [0.15, 0.2) is 0 Å². The highest BCUT2D eigenvalue weighted by molar-refractivity contribution is 6.17. The Morgan fingerprint density at radius 3 is 2.50 bits per heavy atom. The molecule has 3 N–H and O–H groups in total. The predicted molar refractivity (Wildman–Crippen MR) is 49.6 cm³/mol. The van der Waals surface area contributed by atoms with E-state index < -0.39 is 10.9 Å². The highest BCUT2D eigenvalue weighted by atomic mass is 35.5. The molecule has 1 aromatic rings. The van der Waals surface area contributed by atoms with E-state index >= 15 is 0 Å². The molecule has 0 unspecified atom stereocenters. The lowest BCUT2D eigenvalue weighted by atomic mass is 10.2. The van der Waals surface area contributed by atoms with E-state index in [1.165, 1.54) is 0 Å². The van der Waals surface area contributed by atoms with Gasteiger partial charge < -0.3 is 11.1 Å². The summed E-state index contributed by atoms with van der Waals surface area (Å²) in [5.41, 5.74) is 4.41. The smallest absolute Gasteiger partial charge is 0.253 e. The van der Waals surface area contributed by atoms with E-state index in [1.54, 1.807) is 0 Å². The molecule has 0 saturated heterocycles. The monoisotopic (exact) mass is 188 g/mol. The number of nitrogens with one attached hydrogen (secondary N) is 1. The van der Waals surface area contributed by atoms with E-state index in [-0.39, 0.29) is 11.4 Å². The number of anilines is 2. The number of alkyl halides is 1. The molecule has 0 radical (unpaired) electrons. The summed E-state index contributed by atoms with van der Waals surface area (Å²) in [6.45, 7) is 0.568. The lowest BCUT2D eigenvalue weighted by Crippen LogP contribution is -2.37. The molecule has 0 aliphatic rings. The number of halogens is 1. The first-order chi connectivity index (χ1) is 5.68. The second-order valence-electron chi connectivity index (χ2n) is 2.42. The first-order valence-corrected chi connectivity index (χ1v) is 4.10. The molecule has 12 heavy (non-hydrogen) atoms. The van der Waals surface area contributed by atoms with E-state index in [4.69, 9.17) is 17.3 Å². The van der Waals surface area contributed by atoms with Crippen molar-refractivity contribution in [2.45, 2.75) is 6.42 Å². The minimum absolute atomic E-state index is 0.0366. The number of nitrogen functional groups attached to an aromatic ring is 1. The van der Waals surface area contributed by atoms with Crippen molar-refractivity contribution in [2.24, 2.45) is 0 Å². The Hall–Kier alpha value is -1.03. The Kier molecular flexibility index (Phi) is 2.70. The summed E-state index contributed by atoms with van der Waals surface area (Å²) in [5.74, 6) is 0.516. The van der Waals surface area contributed by atoms with Crippen LogP contribution in [0, 0.1) is 0 Å². The summed E-state index contributed by atoms with van der Waals surface area (Å²) in [4.78, 5) is 21.4. The van der Waals surface area contributed by atoms with Gasteiger partial charge in [0, 0.05) is 12.4 Å². The zero-order valence-corrected chi connectivity index (χ0v) is 7.15. The van der Waals surface area contributed by atoms with Crippen molar-refractivity contribution < 1.29 is 0 Å². The molecule has 0 atom stereocenters. The fraction of sp³-hybridized carbons (Fsp3) is 0.429. The van der Waals surface area contributed by atoms with Crippen LogP contribution in [0.1, 0.15) is 6.42 Å². The number of hydrogen-bond acceptors (Lipinski definition) is 4. The second kappa shape index (κ2) is 3.58. The molecule has 0 bridgehead atoms. The molecule has 0 fully saturated rings. The van der Waals surface area contributed by atoms with E-state index in [2.05, 4.69) is 5.32 Å². The number of hydrogen-bond donors (Lipinski definition) is 2. The molecule has 4 nitrogen and oxygen atoms in total. The fourth-order valence-corrected chi connectivity index (χ4v) is 0.999. The van der Waals surface area contributed by atoms with Crippen molar-refractivity contribution in [3.8, 4) is 0 Å². The van der Waals surface area contributed by atoms with Crippen molar-refractivity contribution in [1.29, 1.82) is 0 Å². The van der Waals surface area contributed by atoms with Gasteiger partial charge in [-0.3, -0.25) is 9.59 Å². The van der Waals surface area contributed by atoms with Gasteiger partial charge in [-0.05, 0) is 6.42 Å². The minimum atomic E-state index is -0.594. The minimum Gasteiger partial charge on any atom is -0.394 e. The lowest BCUT2D eigenvalue weighted by Gasteiger charge is -2.08. The molecule has 0 aromatic heterocycles. The van der Waals surface area contributed by atoms with Crippen molar-refractivity contribution in [1.82, 2.24) is 0 Å². The van der Waals surface area contributed by atoms with E-state index in [9.17, 15) is 9.59 Å². The van der Waals surface area contributed by atoms with Crippen LogP contribution < -0.4 is 21.9 Å².